The molecule has 142 valence electrons. The Kier molecular flexibility index (Phi) is 6.08. The van der Waals surface area contributed by atoms with Gasteiger partial charge in [0.1, 0.15) is 12.4 Å². The van der Waals surface area contributed by atoms with Gasteiger partial charge in [0.2, 0.25) is 0 Å². The Morgan fingerprint density at radius 3 is 2.41 bits per heavy atom. The molecule has 0 heterocycles. The number of anilines is 1. The summed E-state index contributed by atoms with van der Waals surface area (Å²) in [7, 11) is 3.94. The summed E-state index contributed by atoms with van der Waals surface area (Å²) in [4.78, 5) is 26.7. The molecule has 6 heteroatoms. The molecule has 0 saturated heterocycles. The van der Waals surface area contributed by atoms with E-state index in [2.05, 4.69) is 10.6 Å². The molecule has 0 bridgehead atoms. The smallest absolute Gasteiger partial charge is 0.259 e. The van der Waals surface area contributed by atoms with Crippen LogP contribution in [0.1, 0.15) is 33.6 Å². The lowest BCUT2D eigenvalue weighted by Gasteiger charge is -2.14. The molecule has 0 aliphatic heterocycles. The van der Waals surface area contributed by atoms with E-state index >= 15 is 0 Å². The summed E-state index contributed by atoms with van der Waals surface area (Å²) in [5.74, 6) is 0.234. The maximum Gasteiger partial charge on any atom is 0.259 e. The van der Waals surface area contributed by atoms with Crippen molar-refractivity contribution < 1.29 is 14.3 Å². The van der Waals surface area contributed by atoms with Crippen LogP contribution in [-0.4, -0.2) is 50.0 Å². The number of ether oxygens (including phenoxy) is 1. The van der Waals surface area contributed by atoms with E-state index < -0.39 is 0 Å². The van der Waals surface area contributed by atoms with Crippen molar-refractivity contribution in [1.82, 2.24) is 10.2 Å². The fraction of sp³-hybridized carbons (Fsp3) is 0.333. The topological polar surface area (TPSA) is 70.7 Å². The average Bonchev–Trinajstić information content (AvgIpc) is 3.46. The van der Waals surface area contributed by atoms with Gasteiger partial charge in [-0.05, 0) is 63.3 Å². The molecular weight excluding hydrogens is 342 g/mol. The number of hydrogen-bond acceptors (Lipinski definition) is 4. The standard InChI is InChI=1S/C21H25N3O3/c1-24(2)13-14-27-19-6-4-3-5-18(19)21(26)23-16-9-7-15(8-10-16)20(25)22-17-11-12-17/h3-10,17H,11-14H2,1-2H3,(H,22,25)(H,23,26). The Morgan fingerprint density at radius 2 is 1.74 bits per heavy atom. The summed E-state index contributed by atoms with van der Waals surface area (Å²) in [6.45, 7) is 1.27. The van der Waals surface area contributed by atoms with Crippen LogP contribution in [0.5, 0.6) is 5.75 Å². The van der Waals surface area contributed by atoms with Crippen LogP contribution >= 0.6 is 0 Å². The van der Waals surface area contributed by atoms with Crippen LogP contribution in [0.3, 0.4) is 0 Å². The van der Waals surface area contributed by atoms with Gasteiger partial charge in [-0.3, -0.25) is 9.59 Å². The van der Waals surface area contributed by atoms with Crippen molar-refractivity contribution in [3.05, 3.63) is 59.7 Å². The molecule has 1 saturated carbocycles. The third-order valence-electron chi connectivity index (χ3n) is 4.25. The highest BCUT2D eigenvalue weighted by atomic mass is 16.5. The molecule has 1 fully saturated rings. The summed E-state index contributed by atoms with van der Waals surface area (Å²) >= 11 is 0. The van der Waals surface area contributed by atoms with Crippen LogP contribution < -0.4 is 15.4 Å². The number of nitrogens with one attached hydrogen (secondary N) is 2. The molecule has 6 nitrogen and oxygen atoms in total. The molecule has 0 unspecified atom stereocenters. The Bertz CT molecular complexity index is 799. The molecule has 2 amide bonds. The van der Waals surface area contributed by atoms with Gasteiger partial charge in [0.15, 0.2) is 0 Å². The molecular formula is C21H25N3O3. The molecule has 2 N–H and O–H groups in total. The van der Waals surface area contributed by atoms with Crippen molar-refractivity contribution in [2.75, 3.05) is 32.6 Å². The normalized spacial score (nSPS) is 13.3. The van der Waals surface area contributed by atoms with Gasteiger partial charge in [-0.15, -0.1) is 0 Å². The van der Waals surface area contributed by atoms with E-state index in [9.17, 15) is 9.59 Å². The Morgan fingerprint density at radius 1 is 1.04 bits per heavy atom. The molecule has 1 aliphatic rings. The maximum atomic E-state index is 12.6. The minimum Gasteiger partial charge on any atom is -0.491 e. The number of amides is 2. The Hall–Kier alpha value is -2.86. The van der Waals surface area contributed by atoms with Gasteiger partial charge in [0.05, 0.1) is 5.56 Å². The second-order valence-electron chi connectivity index (χ2n) is 6.93. The van der Waals surface area contributed by atoms with Crippen LogP contribution in [0.15, 0.2) is 48.5 Å². The lowest BCUT2D eigenvalue weighted by Crippen LogP contribution is -2.25. The Balaban J connectivity index is 1.62. The second kappa shape index (κ2) is 8.68. The summed E-state index contributed by atoms with van der Waals surface area (Å²) in [5, 5.41) is 5.80. The highest BCUT2D eigenvalue weighted by molar-refractivity contribution is 6.06. The summed E-state index contributed by atoms with van der Waals surface area (Å²) in [6.07, 6.45) is 2.10. The zero-order chi connectivity index (χ0) is 19.2. The van der Waals surface area contributed by atoms with Crippen LogP contribution in [-0.2, 0) is 0 Å². The average molecular weight is 367 g/mol. The molecule has 3 rings (SSSR count). The van der Waals surface area contributed by atoms with Crippen LogP contribution in [0.25, 0.3) is 0 Å². The van der Waals surface area contributed by atoms with Gasteiger partial charge >= 0.3 is 0 Å². The number of rotatable bonds is 8. The van der Waals surface area contributed by atoms with Crippen molar-refractivity contribution in [3.8, 4) is 5.75 Å². The predicted molar refractivity (Wildman–Crippen MR) is 105 cm³/mol. The predicted octanol–water partition coefficient (Wildman–Crippen LogP) is 2.77. The molecule has 1 aliphatic carbocycles. The number of carbonyl (C=O) groups is 2. The zero-order valence-corrected chi connectivity index (χ0v) is 15.7. The molecule has 0 atom stereocenters. The van der Waals surface area contributed by atoms with Gasteiger partial charge in [0.25, 0.3) is 11.8 Å². The summed E-state index contributed by atoms with van der Waals surface area (Å²) < 4.78 is 5.74. The first kappa shape index (κ1) is 18.9. The third kappa shape index (κ3) is 5.56. The van der Waals surface area contributed by atoms with Crippen LogP contribution in [0.2, 0.25) is 0 Å². The van der Waals surface area contributed by atoms with Crippen molar-refractivity contribution in [1.29, 1.82) is 0 Å². The van der Waals surface area contributed by atoms with Crippen molar-refractivity contribution in [2.45, 2.75) is 18.9 Å². The summed E-state index contributed by atoms with van der Waals surface area (Å²) in [5.41, 5.74) is 1.70. The van der Waals surface area contributed by atoms with Gasteiger partial charge < -0.3 is 20.3 Å². The number of likely N-dealkylation sites (N-methyl/N-ethyl adjacent to an activating group) is 1. The number of nitrogens with zero attached hydrogens (tertiary/aromatic N) is 1. The third-order valence-corrected chi connectivity index (χ3v) is 4.25. The first-order valence-corrected chi connectivity index (χ1v) is 9.12. The maximum absolute atomic E-state index is 12.6. The van der Waals surface area contributed by atoms with E-state index in [4.69, 9.17) is 4.74 Å². The number of para-hydroxylation sites is 1. The molecule has 27 heavy (non-hydrogen) atoms. The quantitative estimate of drug-likeness (QED) is 0.753. The monoisotopic (exact) mass is 367 g/mol. The first-order valence-electron chi connectivity index (χ1n) is 9.12. The lowest BCUT2D eigenvalue weighted by molar-refractivity contribution is 0.0950. The first-order chi connectivity index (χ1) is 13.0. The van der Waals surface area contributed by atoms with Crippen molar-refractivity contribution in [3.63, 3.8) is 0 Å². The van der Waals surface area contributed by atoms with Crippen LogP contribution in [0.4, 0.5) is 5.69 Å². The second-order valence-corrected chi connectivity index (χ2v) is 6.93. The van der Waals surface area contributed by atoms with Crippen molar-refractivity contribution in [2.24, 2.45) is 0 Å². The minimum atomic E-state index is -0.245. The zero-order valence-electron chi connectivity index (χ0n) is 15.7. The molecule has 2 aromatic carbocycles. The van der Waals surface area contributed by atoms with E-state index in [-0.39, 0.29) is 11.8 Å². The lowest BCUT2D eigenvalue weighted by atomic mass is 10.1. The molecule has 0 spiro atoms. The molecule has 0 aromatic heterocycles. The molecule has 2 aromatic rings. The highest BCUT2D eigenvalue weighted by Gasteiger charge is 2.23. The van der Waals surface area contributed by atoms with Gasteiger partial charge in [0, 0.05) is 23.8 Å². The van der Waals surface area contributed by atoms with Gasteiger partial charge in [-0.25, -0.2) is 0 Å². The largest absolute Gasteiger partial charge is 0.491 e. The Labute approximate surface area is 159 Å². The van der Waals surface area contributed by atoms with Crippen LogP contribution in [0, 0.1) is 0 Å². The van der Waals surface area contributed by atoms with Gasteiger partial charge in [-0.1, -0.05) is 12.1 Å². The SMILES string of the molecule is CN(C)CCOc1ccccc1C(=O)Nc1ccc(C(=O)NC2CC2)cc1. The van der Waals surface area contributed by atoms with E-state index in [0.29, 0.717) is 35.2 Å². The fourth-order valence-electron chi connectivity index (χ4n) is 2.52. The van der Waals surface area contributed by atoms with E-state index in [1.165, 1.54) is 0 Å². The van der Waals surface area contributed by atoms with E-state index in [1.54, 1.807) is 42.5 Å². The molecule has 0 radical (unpaired) electrons. The minimum absolute atomic E-state index is 0.0741. The number of carbonyl (C=O) groups excluding carboxylic acids is 2. The highest BCUT2D eigenvalue weighted by Crippen LogP contribution is 2.21. The van der Waals surface area contributed by atoms with E-state index in [1.807, 2.05) is 25.1 Å². The number of hydrogen-bond donors (Lipinski definition) is 2. The van der Waals surface area contributed by atoms with Crippen molar-refractivity contribution >= 4 is 17.5 Å². The fourth-order valence-corrected chi connectivity index (χ4v) is 2.52. The van der Waals surface area contributed by atoms with E-state index in [0.717, 1.165) is 19.4 Å². The summed E-state index contributed by atoms with van der Waals surface area (Å²) in [6, 6.07) is 14.4. The number of benzene rings is 2. The van der Waals surface area contributed by atoms with Gasteiger partial charge in [-0.2, -0.15) is 0 Å².